The molecule has 286 valence electrons. The van der Waals surface area contributed by atoms with E-state index in [0.29, 0.717) is 0 Å². The second-order valence-electron chi connectivity index (χ2n) is 16.3. The first-order valence-electron chi connectivity index (χ1n) is 20.0. The quantitative estimate of drug-likeness (QED) is 0.173. The average molecular weight is 867 g/mol. The fourth-order valence-electron chi connectivity index (χ4n) is 9.64. The highest BCUT2D eigenvalue weighted by molar-refractivity contribution is 14.1. The van der Waals surface area contributed by atoms with Crippen molar-refractivity contribution in [2.45, 2.75) is 62.3 Å². The molecule has 0 aliphatic carbocycles. The highest BCUT2D eigenvalue weighted by Gasteiger charge is 2.22. The molecule has 8 bridgehead atoms. The number of hydrogen-bond donors (Lipinski definition) is 2. The van der Waals surface area contributed by atoms with Crippen LogP contribution in [0.25, 0.3) is 90.9 Å². The van der Waals surface area contributed by atoms with E-state index in [2.05, 4.69) is 204 Å². The third-order valence-corrected chi connectivity index (χ3v) is 12.4. The molecule has 0 saturated carbocycles. The van der Waals surface area contributed by atoms with E-state index in [1.54, 1.807) is 0 Å². The van der Waals surface area contributed by atoms with Crippen LogP contribution in [0.15, 0.2) is 84.9 Å². The van der Waals surface area contributed by atoms with Gasteiger partial charge < -0.3 is 9.97 Å². The molecule has 0 amide bonds. The van der Waals surface area contributed by atoms with Crippen LogP contribution in [0.4, 0.5) is 0 Å². The Morgan fingerprint density at radius 1 is 0.345 bits per heavy atom. The van der Waals surface area contributed by atoms with Gasteiger partial charge in [-0.3, -0.25) is 0 Å². The van der Waals surface area contributed by atoms with Crippen molar-refractivity contribution in [2.75, 3.05) is 0 Å². The molecule has 3 aromatic heterocycles. The van der Waals surface area contributed by atoms with Crippen molar-refractivity contribution in [2.24, 2.45) is 0 Å². The molecule has 0 fully saturated rings. The summed E-state index contributed by atoms with van der Waals surface area (Å²) in [6, 6.07) is 31.3. The Balaban J connectivity index is 1.53. The minimum atomic E-state index is 0.916. The topological polar surface area (TPSA) is 57.4 Å². The number of benzene rings is 4. The molecule has 0 atom stereocenters. The highest BCUT2D eigenvalue weighted by atomic mass is 127. The van der Waals surface area contributed by atoms with Crippen LogP contribution in [0, 0.1) is 65.9 Å². The van der Waals surface area contributed by atoms with Gasteiger partial charge in [-0.1, -0.05) is 65.2 Å². The van der Waals surface area contributed by atoms with Gasteiger partial charge in [0.2, 0.25) is 0 Å². The lowest BCUT2D eigenvalue weighted by Gasteiger charge is -2.14. The minimum absolute atomic E-state index is 0.916. The molecule has 2 aliphatic rings. The van der Waals surface area contributed by atoms with Crippen molar-refractivity contribution < 1.29 is 0 Å². The molecule has 5 heterocycles. The number of hydrogen-bond acceptors (Lipinski definition) is 2. The monoisotopic (exact) mass is 866 g/mol. The van der Waals surface area contributed by atoms with Gasteiger partial charge in [0.1, 0.15) is 0 Å². The molecule has 4 nitrogen and oxygen atoms in total. The first-order chi connectivity index (χ1) is 27.8. The third-order valence-electron chi connectivity index (χ3n) is 11.7. The van der Waals surface area contributed by atoms with Gasteiger partial charge in [-0.25, -0.2) is 9.97 Å². The average Bonchev–Trinajstić information content (AvgIpc) is 3.99. The van der Waals surface area contributed by atoms with E-state index in [0.717, 1.165) is 72.7 Å². The molecular formula is C53H47IN4. The van der Waals surface area contributed by atoms with Crippen LogP contribution >= 0.6 is 22.6 Å². The van der Waals surface area contributed by atoms with Crippen LogP contribution in [0.2, 0.25) is 0 Å². The first-order valence-corrected chi connectivity index (χ1v) is 21.1. The van der Waals surface area contributed by atoms with Crippen molar-refractivity contribution in [1.29, 1.82) is 0 Å². The number of H-pyrrole nitrogens is 2. The Morgan fingerprint density at radius 3 is 0.931 bits per heavy atom. The molecule has 2 N–H and O–H groups in total. The molecule has 0 spiro atoms. The summed E-state index contributed by atoms with van der Waals surface area (Å²) >= 11 is 2.38. The van der Waals surface area contributed by atoms with Gasteiger partial charge in [-0.15, -0.1) is 0 Å². The summed E-state index contributed by atoms with van der Waals surface area (Å²) in [7, 11) is 0. The van der Waals surface area contributed by atoms with E-state index in [-0.39, 0.29) is 0 Å². The molecule has 0 saturated heterocycles. The van der Waals surface area contributed by atoms with Crippen molar-refractivity contribution in [3.63, 3.8) is 0 Å². The lowest BCUT2D eigenvalue weighted by molar-refractivity contribution is 1.27. The second kappa shape index (κ2) is 14.5. The van der Waals surface area contributed by atoms with Crippen molar-refractivity contribution in [3.8, 4) is 44.5 Å². The lowest BCUT2D eigenvalue weighted by atomic mass is 9.92. The zero-order chi connectivity index (χ0) is 40.6. The van der Waals surface area contributed by atoms with Gasteiger partial charge in [0.15, 0.2) is 0 Å². The maximum Gasteiger partial charge on any atom is 0.0737 e. The first kappa shape index (κ1) is 37.8. The second-order valence-corrected chi connectivity index (χ2v) is 17.6. The van der Waals surface area contributed by atoms with E-state index in [4.69, 9.17) is 9.97 Å². The number of aromatic amines is 2. The van der Waals surface area contributed by atoms with Crippen LogP contribution in [-0.4, -0.2) is 19.9 Å². The lowest BCUT2D eigenvalue weighted by Crippen LogP contribution is -1.96. The normalized spacial score (nSPS) is 12.2. The summed E-state index contributed by atoms with van der Waals surface area (Å²) in [6.45, 7) is 19.8. The van der Waals surface area contributed by atoms with Crippen molar-refractivity contribution in [1.82, 2.24) is 19.9 Å². The van der Waals surface area contributed by atoms with Crippen LogP contribution < -0.4 is 0 Å². The maximum atomic E-state index is 5.60. The molecule has 58 heavy (non-hydrogen) atoms. The standard InChI is InChI=1S/C53H47IN4/c1-28-22-31(4)47(32(5)23-28)51-41-16-14-39(55-41)50(37-10-12-38(54)13-11-37)40-15-17-42(56-40)52(48-33(6)24-29(2)25-34(48)7)44-19-21-46(58-44)53(45-20-18-43(51)57-45)49-35(8)26-30(3)27-36(49)9/h10-27,55,58H,1-9H3. The van der Waals surface area contributed by atoms with Gasteiger partial charge >= 0.3 is 0 Å². The van der Waals surface area contributed by atoms with Crippen LogP contribution in [-0.2, 0) is 0 Å². The van der Waals surface area contributed by atoms with Crippen LogP contribution in [0.3, 0.4) is 0 Å². The summed E-state index contributed by atoms with van der Waals surface area (Å²) in [5.74, 6) is 0. The molecular weight excluding hydrogens is 820 g/mol. The number of aromatic nitrogens is 4. The predicted octanol–water partition coefficient (Wildman–Crippen LogP) is 14.7. The molecule has 9 rings (SSSR count). The smallest absolute Gasteiger partial charge is 0.0737 e. The van der Waals surface area contributed by atoms with Crippen molar-refractivity contribution in [3.05, 3.63) is 161 Å². The fraction of sp³-hybridized carbons (Fsp3) is 0.170. The van der Waals surface area contributed by atoms with Gasteiger partial charge in [0.25, 0.3) is 0 Å². The number of nitrogens with one attached hydrogen (secondary N) is 2. The highest BCUT2D eigenvalue weighted by Crippen LogP contribution is 2.42. The zero-order valence-corrected chi connectivity index (χ0v) is 36.8. The number of nitrogens with zero attached hydrogens (tertiary/aromatic N) is 2. The SMILES string of the molecule is Cc1cc(C)c(-c2c3nc(c(-c4c(C)cc(C)cc4C)c4ccc([nH]4)c(-c4c(C)cc(C)cc4C)c4nc(c(-c5ccc(I)cc5)c5ccc2[nH]5)C=C4)C=C3)c(C)c1. The van der Waals surface area contributed by atoms with Crippen LogP contribution in [0.5, 0.6) is 0 Å². The Morgan fingerprint density at radius 2 is 0.621 bits per heavy atom. The van der Waals surface area contributed by atoms with E-state index >= 15 is 0 Å². The number of fused-ring (bicyclic) bond motifs is 8. The molecule has 7 aromatic rings. The van der Waals surface area contributed by atoms with Crippen molar-refractivity contribution >= 4 is 69.0 Å². The summed E-state index contributed by atoms with van der Waals surface area (Å²) in [5, 5.41) is 0. The summed E-state index contributed by atoms with van der Waals surface area (Å²) in [6.07, 6.45) is 8.79. The van der Waals surface area contributed by atoms with Gasteiger partial charge in [0, 0.05) is 47.9 Å². The summed E-state index contributed by atoms with van der Waals surface area (Å²) < 4.78 is 1.19. The third kappa shape index (κ3) is 6.55. The Labute approximate surface area is 355 Å². The van der Waals surface area contributed by atoms with E-state index in [9.17, 15) is 0 Å². The Kier molecular flexibility index (Phi) is 9.47. The van der Waals surface area contributed by atoms with Gasteiger partial charge in [-0.05, 0) is 201 Å². The minimum Gasteiger partial charge on any atom is -0.354 e. The zero-order valence-electron chi connectivity index (χ0n) is 34.7. The predicted molar refractivity (Wildman–Crippen MR) is 256 cm³/mol. The summed E-state index contributed by atoms with van der Waals surface area (Å²) in [4.78, 5) is 19.1. The Bertz CT molecular complexity index is 2970. The molecule has 0 radical (unpaired) electrons. The molecule has 2 aliphatic heterocycles. The van der Waals surface area contributed by atoms with Gasteiger partial charge in [0.05, 0.1) is 22.8 Å². The largest absolute Gasteiger partial charge is 0.354 e. The number of halogens is 1. The molecule has 0 unspecified atom stereocenters. The number of rotatable bonds is 4. The fourth-order valence-corrected chi connectivity index (χ4v) is 10.00. The van der Waals surface area contributed by atoms with E-state index in [1.165, 1.54) is 70.3 Å². The van der Waals surface area contributed by atoms with Crippen LogP contribution in [0.1, 0.15) is 72.8 Å². The van der Waals surface area contributed by atoms with E-state index in [1.807, 2.05) is 0 Å². The van der Waals surface area contributed by atoms with Gasteiger partial charge in [-0.2, -0.15) is 0 Å². The van der Waals surface area contributed by atoms with E-state index < -0.39 is 0 Å². The molecule has 5 heteroatoms. The summed E-state index contributed by atoms with van der Waals surface area (Å²) in [5.41, 5.74) is 27.9. The number of aryl methyl sites for hydroxylation is 9. The molecule has 4 aromatic carbocycles. The Hall–Kier alpha value is -5.79. The maximum absolute atomic E-state index is 5.60.